The van der Waals surface area contributed by atoms with Crippen molar-refractivity contribution >= 4 is 22.6 Å². The van der Waals surface area contributed by atoms with E-state index in [0.29, 0.717) is 18.4 Å². The third-order valence-electron chi connectivity index (χ3n) is 2.98. The zero-order chi connectivity index (χ0) is 16.5. The third kappa shape index (κ3) is 6.24. The van der Waals surface area contributed by atoms with Crippen LogP contribution in [0.2, 0.25) is 0 Å². The molecule has 0 heterocycles. The van der Waals surface area contributed by atoms with Crippen LogP contribution in [0, 0.1) is 6.92 Å². The van der Waals surface area contributed by atoms with E-state index >= 15 is 0 Å². The molecule has 0 saturated heterocycles. The van der Waals surface area contributed by atoms with Crippen molar-refractivity contribution < 1.29 is 9.47 Å². The van der Waals surface area contributed by atoms with Gasteiger partial charge >= 0.3 is 0 Å². The summed E-state index contributed by atoms with van der Waals surface area (Å²) in [7, 11) is 0. The van der Waals surface area contributed by atoms with Crippen molar-refractivity contribution in [3.05, 3.63) is 54.1 Å². The summed E-state index contributed by atoms with van der Waals surface area (Å²) < 4.78 is 11.1. The molecule has 0 unspecified atom stereocenters. The molecule has 122 valence electrons. The summed E-state index contributed by atoms with van der Waals surface area (Å²) in [5, 5.41) is 0.530. The molecule has 0 aliphatic rings. The first-order valence-electron chi connectivity index (χ1n) is 7.56. The maximum Gasteiger partial charge on any atom is 0.159 e. The van der Waals surface area contributed by atoms with Crippen LogP contribution in [0.15, 0.2) is 53.5 Å². The van der Waals surface area contributed by atoms with Crippen LogP contribution in [0.3, 0.4) is 0 Å². The fourth-order valence-electron chi connectivity index (χ4n) is 1.95. The lowest BCUT2D eigenvalue weighted by Crippen LogP contribution is -2.10. The van der Waals surface area contributed by atoms with Crippen molar-refractivity contribution in [2.75, 3.05) is 19.0 Å². The fraction of sp³-hybridized carbons (Fsp3) is 0.278. The number of aliphatic imine (C=N–C) groups is 1. The van der Waals surface area contributed by atoms with Crippen molar-refractivity contribution in [2.45, 2.75) is 13.8 Å². The molecule has 0 atom stereocenters. The second kappa shape index (κ2) is 9.10. The normalized spacial score (nSPS) is 11.3. The summed E-state index contributed by atoms with van der Waals surface area (Å²) in [4.78, 5) is 4.37. The van der Waals surface area contributed by atoms with Crippen LogP contribution in [0.4, 0.5) is 5.69 Å². The second-order valence-corrected chi connectivity index (χ2v) is 6.01. The number of nitrogens with zero attached hydrogens (tertiary/aromatic N) is 1. The molecule has 0 aliphatic carbocycles. The number of thioether (sulfide) groups is 1. The van der Waals surface area contributed by atoms with Gasteiger partial charge < -0.3 is 15.2 Å². The molecule has 0 radical (unpaired) electrons. The predicted molar refractivity (Wildman–Crippen MR) is 98.0 cm³/mol. The fourth-order valence-corrected chi connectivity index (χ4v) is 2.50. The molecule has 2 aromatic rings. The Morgan fingerprint density at radius 3 is 2.57 bits per heavy atom. The average molecular weight is 330 g/mol. The molecular formula is C18H22N2O2S. The van der Waals surface area contributed by atoms with E-state index in [2.05, 4.69) is 4.99 Å². The van der Waals surface area contributed by atoms with Crippen molar-refractivity contribution in [1.29, 1.82) is 0 Å². The van der Waals surface area contributed by atoms with Crippen LogP contribution in [-0.4, -0.2) is 24.1 Å². The highest BCUT2D eigenvalue weighted by molar-refractivity contribution is 8.13. The van der Waals surface area contributed by atoms with Gasteiger partial charge in [-0.05, 0) is 55.8 Å². The Labute approximate surface area is 141 Å². The van der Waals surface area contributed by atoms with E-state index in [1.165, 1.54) is 17.3 Å². The highest BCUT2D eigenvalue weighted by Crippen LogP contribution is 2.19. The van der Waals surface area contributed by atoms with E-state index in [-0.39, 0.29) is 0 Å². The Hall–Kier alpha value is -2.14. The van der Waals surface area contributed by atoms with Crippen molar-refractivity contribution in [1.82, 2.24) is 0 Å². The number of aryl methyl sites for hydroxylation is 1. The van der Waals surface area contributed by atoms with Crippen LogP contribution < -0.4 is 15.2 Å². The molecule has 0 saturated carbocycles. The van der Waals surface area contributed by atoms with Crippen LogP contribution in [0.25, 0.3) is 0 Å². The minimum atomic E-state index is 0.530. The molecule has 23 heavy (non-hydrogen) atoms. The monoisotopic (exact) mass is 330 g/mol. The van der Waals surface area contributed by atoms with Gasteiger partial charge in [0.15, 0.2) is 5.17 Å². The summed E-state index contributed by atoms with van der Waals surface area (Å²) in [6, 6.07) is 15.6. The summed E-state index contributed by atoms with van der Waals surface area (Å²) in [6.07, 6.45) is 0. The van der Waals surface area contributed by atoms with Crippen molar-refractivity contribution in [3.8, 4) is 11.5 Å². The topological polar surface area (TPSA) is 56.8 Å². The van der Waals surface area contributed by atoms with Gasteiger partial charge in [-0.1, -0.05) is 23.9 Å². The molecule has 0 amide bonds. The first-order valence-corrected chi connectivity index (χ1v) is 8.55. The smallest absolute Gasteiger partial charge is 0.159 e. The molecule has 0 fully saturated rings. The first-order chi connectivity index (χ1) is 11.2. The number of hydrogen-bond acceptors (Lipinski definition) is 4. The number of amidine groups is 1. The van der Waals surface area contributed by atoms with E-state index < -0.39 is 0 Å². The van der Waals surface area contributed by atoms with Crippen molar-refractivity contribution in [3.63, 3.8) is 0 Å². The largest absolute Gasteiger partial charge is 0.494 e. The van der Waals surface area contributed by atoms with E-state index in [1.807, 2.05) is 62.4 Å². The Morgan fingerprint density at radius 1 is 1.09 bits per heavy atom. The molecule has 0 bridgehead atoms. The molecule has 2 rings (SSSR count). The molecule has 5 heteroatoms. The Balaban J connectivity index is 1.76. The molecule has 2 aromatic carbocycles. The lowest BCUT2D eigenvalue weighted by molar-refractivity contribution is 0.340. The standard InChI is InChI=1S/C18H22N2O2S/c1-3-21-16-9-7-15(8-10-16)20-18(19)23-12-11-22-17-6-4-5-14(2)13-17/h4-10,13H,3,11-12H2,1-2H3,(H2,19,20). The lowest BCUT2D eigenvalue weighted by Gasteiger charge is -2.06. The molecule has 2 N–H and O–H groups in total. The summed E-state index contributed by atoms with van der Waals surface area (Å²) in [6.45, 7) is 5.25. The Bertz CT molecular complexity index is 642. The molecule has 0 aromatic heterocycles. The average Bonchev–Trinajstić information content (AvgIpc) is 2.54. The van der Waals surface area contributed by atoms with Crippen LogP contribution in [0.5, 0.6) is 11.5 Å². The van der Waals surface area contributed by atoms with Gasteiger partial charge in [-0.25, -0.2) is 4.99 Å². The number of nitrogens with two attached hydrogens (primary N) is 1. The number of benzene rings is 2. The van der Waals surface area contributed by atoms with Crippen LogP contribution in [-0.2, 0) is 0 Å². The number of hydrogen-bond donors (Lipinski definition) is 1. The number of rotatable bonds is 7. The Morgan fingerprint density at radius 2 is 1.87 bits per heavy atom. The highest BCUT2D eigenvalue weighted by atomic mass is 32.2. The predicted octanol–water partition coefficient (Wildman–Crippen LogP) is 4.15. The quantitative estimate of drug-likeness (QED) is 0.471. The SMILES string of the molecule is CCOc1ccc(N=C(N)SCCOc2cccc(C)c2)cc1. The minimum absolute atomic E-state index is 0.530. The molecule has 0 spiro atoms. The first kappa shape index (κ1) is 17.2. The van der Waals surface area contributed by atoms with E-state index in [9.17, 15) is 0 Å². The zero-order valence-electron chi connectivity index (χ0n) is 13.5. The van der Waals surface area contributed by atoms with Gasteiger partial charge in [-0.15, -0.1) is 0 Å². The highest BCUT2D eigenvalue weighted by Gasteiger charge is 1.99. The summed E-state index contributed by atoms with van der Waals surface area (Å²) in [5.41, 5.74) is 7.94. The van der Waals surface area contributed by atoms with Crippen LogP contribution >= 0.6 is 11.8 Å². The molecular weight excluding hydrogens is 308 g/mol. The van der Waals surface area contributed by atoms with Gasteiger partial charge in [-0.2, -0.15) is 0 Å². The molecule has 0 aliphatic heterocycles. The van der Waals surface area contributed by atoms with Gasteiger partial charge in [-0.3, -0.25) is 0 Å². The zero-order valence-corrected chi connectivity index (χ0v) is 14.3. The maximum absolute atomic E-state index is 5.93. The number of ether oxygens (including phenoxy) is 2. The van der Waals surface area contributed by atoms with Gasteiger partial charge in [0.1, 0.15) is 11.5 Å². The minimum Gasteiger partial charge on any atom is -0.494 e. The third-order valence-corrected chi connectivity index (χ3v) is 3.74. The maximum atomic E-state index is 5.93. The van der Waals surface area contributed by atoms with Gasteiger partial charge in [0.25, 0.3) is 0 Å². The molecule has 4 nitrogen and oxygen atoms in total. The van der Waals surface area contributed by atoms with E-state index in [4.69, 9.17) is 15.2 Å². The van der Waals surface area contributed by atoms with Gasteiger partial charge in [0.05, 0.1) is 18.9 Å². The summed E-state index contributed by atoms with van der Waals surface area (Å²) >= 11 is 1.48. The second-order valence-electron chi connectivity index (χ2n) is 4.89. The van der Waals surface area contributed by atoms with E-state index in [1.54, 1.807) is 0 Å². The van der Waals surface area contributed by atoms with Crippen LogP contribution in [0.1, 0.15) is 12.5 Å². The summed E-state index contributed by atoms with van der Waals surface area (Å²) in [5.74, 6) is 2.47. The van der Waals surface area contributed by atoms with Gasteiger partial charge in [0, 0.05) is 5.75 Å². The van der Waals surface area contributed by atoms with Gasteiger partial charge in [0.2, 0.25) is 0 Å². The Kier molecular flexibility index (Phi) is 6.81. The van der Waals surface area contributed by atoms with E-state index in [0.717, 1.165) is 22.9 Å². The van der Waals surface area contributed by atoms with Crippen molar-refractivity contribution in [2.24, 2.45) is 10.7 Å². The lowest BCUT2D eigenvalue weighted by atomic mass is 10.2.